The molecule has 0 unspecified atom stereocenters. The fraction of sp³-hybridized carbons (Fsp3) is 0.412. The van der Waals surface area contributed by atoms with E-state index in [4.69, 9.17) is 8.94 Å². The van der Waals surface area contributed by atoms with Crippen molar-refractivity contribution in [3.63, 3.8) is 0 Å². The first-order valence-corrected chi connectivity index (χ1v) is 8.51. The predicted octanol–water partition coefficient (Wildman–Crippen LogP) is 1.63. The summed E-state index contributed by atoms with van der Waals surface area (Å²) in [6.07, 6.45) is 0. The lowest BCUT2D eigenvalue weighted by molar-refractivity contribution is 0.0618. The lowest BCUT2D eigenvalue weighted by Gasteiger charge is -2.33. The number of amides is 1. The van der Waals surface area contributed by atoms with E-state index in [1.807, 2.05) is 24.0 Å². The number of carbonyl (C=O) groups is 1. The van der Waals surface area contributed by atoms with E-state index in [2.05, 4.69) is 25.2 Å². The maximum atomic E-state index is 12.7. The standard InChI is InChI=1S/C17H20N6O3/c1-11-3-4-15(25-11)13-9-14(20-19-13)17(24)23-7-5-22(6-8-23)10-16-18-12(2)26-21-16/h3-4,9H,5-8,10H2,1-2H3,(H,19,20). The van der Waals surface area contributed by atoms with Crippen LogP contribution in [0.2, 0.25) is 0 Å². The number of carbonyl (C=O) groups excluding carboxylic acids is 1. The molecule has 136 valence electrons. The van der Waals surface area contributed by atoms with Gasteiger partial charge >= 0.3 is 0 Å². The van der Waals surface area contributed by atoms with Crippen molar-refractivity contribution in [2.45, 2.75) is 20.4 Å². The van der Waals surface area contributed by atoms with E-state index >= 15 is 0 Å². The molecule has 1 aliphatic rings. The Bertz CT molecular complexity index is 903. The second-order valence-corrected chi connectivity index (χ2v) is 6.38. The molecule has 0 saturated carbocycles. The first-order valence-electron chi connectivity index (χ1n) is 8.51. The van der Waals surface area contributed by atoms with Crippen LogP contribution >= 0.6 is 0 Å². The molecule has 0 aliphatic carbocycles. The molecule has 1 saturated heterocycles. The predicted molar refractivity (Wildman–Crippen MR) is 91.2 cm³/mol. The van der Waals surface area contributed by atoms with Crippen molar-refractivity contribution in [1.29, 1.82) is 0 Å². The van der Waals surface area contributed by atoms with Crippen LogP contribution in [0.5, 0.6) is 0 Å². The maximum absolute atomic E-state index is 12.7. The summed E-state index contributed by atoms with van der Waals surface area (Å²) in [5.41, 5.74) is 1.10. The third kappa shape index (κ3) is 3.38. The largest absolute Gasteiger partial charge is 0.460 e. The van der Waals surface area contributed by atoms with Gasteiger partial charge in [-0.05, 0) is 19.1 Å². The van der Waals surface area contributed by atoms with E-state index in [9.17, 15) is 4.79 Å². The number of rotatable bonds is 4. The lowest BCUT2D eigenvalue weighted by Crippen LogP contribution is -2.48. The van der Waals surface area contributed by atoms with E-state index in [1.165, 1.54) is 0 Å². The normalized spacial score (nSPS) is 15.5. The van der Waals surface area contributed by atoms with Crippen molar-refractivity contribution >= 4 is 5.91 Å². The highest BCUT2D eigenvalue weighted by Gasteiger charge is 2.25. The molecule has 3 aromatic heterocycles. The van der Waals surface area contributed by atoms with Crippen LogP contribution in [0, 0.1) is 13.8 Å². The van der Waals surface area contributed by atoms with Crippen molar-refractivity contribution in [1.82, 2.24) is 30.1 Å². The molecule has 4 rings (SSSR count). The molecular formula is C17H20N6O3. The molecule has 1 fully saturated rings. The van der Waals surface area contributed by atoms with E-state index in [1.54, 1.807) is 13.0 Å². The Morgan fingerprint density at radius 3 is 2.69 bits per heavy atom. The van der Waals surface area contributed by atoms with Crippen LogP contribution in [0.25, 0.3) is 11.5 Å². The molecule has 0 bridgehead atoms. The van der Waals surface area contributed by atoms with Gasteiger partial charge in [0.2, 0.25) is 5.89 Å². The molecule has 1 N–H and O–H groups in total. The summed E-state index contributed by atoms with van der Waals surface area (Å²) in [6, 6.07) is 5.46. The van der Waals surface area contributed by atoms with E-state index < -0.39 is 0 Å². The molecule has 0 radical (unpaired) electrons. The van der Waals surface area contributed by atoms with Crippen molar-refractivity contribution in [3.8, 4) is 11.5 Å². The smallest absolute Gasteiger partial charge is 0.274 e. The Hall–Kier alpha value is -2.94. The third-order valence-corrected chi connectivity index (χ3v) is 4.40. The number of nitrogens with one attached hydrogen (secondary N) is 1. The summed E-state index contributed by atoms with van der Waals surface area (Å²) in [6.45, 7) is 7.07. The fourth-order valence-corrected chi connectivity index (χ4v) is 3.01. The number of aromatic nitrogens is 4. The van der Waals surface area contributed by atoms with Crippen molar-refractivity contribution in [2.24, 2.45) is 0 Å². The van der Waals surface area contributed by atoms with Crippen LogP contribution in [0.1, 0.15) is 28.0 Å². The van der Waals surface area contributed by atoms with Gasteiger partial charge < -0.3 is 13.8 Å². The molecule has 1 aliphatic heterocycles. The second-order valence-electron chi connectivity index (χ2n) is 6.38. The van der Waals surface area contributed by atoms with Gasteiger partial charge in [-0.1, -0.05) is 5.16 Å². The quantitative estimate of drug-likeness (QED) is 0.757. The Balaban J connectivity index is 1.35. The maximum Gasteiger partial charge on any atom is 0.274 e. The molecule has 0 aromatic carbocycles. The number of hydrogen-bond donors (Lipinski definition) is 1. The number of furan rings is 1. The van der Waals surface area contributed by atoms with Crippen LogP contribution in [0.15, 0.2) is 27.1 Å². The zero-order chi connectivity index (χ0) is 18.1. The average molecular weight is 356 g/mol. The Labute approximate surface area is 150 Å². The van der Waals surface area contributed by atoms with E-state index in [0.717, 1.165) is 18.8 Å². The molecule has 3 aromatic rings. The SMILES string of the molecule is Cc1ccc(-c2cc(C(=O)N3CCN(Cc4noc(C)n4)CC3)n[nH]2)o1. The van der Waals surface area contributed by atoms with Gasteiger partial charge in [-0.2, -0.15) is 10.1 Å². The van der Waals surface area contributed by atoms with Crippen LogP contribution in [-0.4, -0.2) is 62.2 Å². The monoisotopic (exact) mass is 356 g/mol. The van der Waals surface area contributed by atoms with Gasteiger partial charge in [0.15, 0.2) is 17.3 Å². The first-order chi connectivity index (χ1) is 12.6. The van der Waals surface area contributed by atoms with Crippen molar-refractivity contribution < 1.29 is 13.7 Å². The molecule has 4 heterocycles. The van der Waals surface area contributed by atoms with Gasteiger partial charge in [-0.15, -0.1) is 0 Å². The van der Waals surface area contributed by atoms with E-state index in [-0.39, 0.29) is 5.91 Å². The Morgan fingerprint density at radius 2 is 2.04 bits per heavy atom. The van der Waals surface area contributed by atoms with Crippen LogP contribution < -0.4 is 0 Å². The van der Waals surface area contributed by atoms with Gasteiger partial charge in [0, 0.05) is 39.2 Å². The van der Waals surface area contributed by atoms with Gasteiger partial charge in [-0.3, -0.25) is 14.8 Å². The first kappa shape index (κ1) is 16.5. The zero-order valence-electron chi connectivity index (χ0n) is 14.7. The lowest BCUT2D eigenvalue weighted by atomic mass is 10.2. The van der Waals surface area contributed by atoms with Gasteiger partial charge in [0.1, 0.15) is 11.5 Å². The summed E-state index contributed by atoms with van der Waals surface area (Å²) in [5.74, 6) is 2.65. The minimum Gasteiger partial charge on any atom is -0.460 e. The van der Waals surface area contributed by atoms with Crippen LogP contribution in [0.3, 0.4) is 0 Å². The highest BCUT2D eigenvalue weighted by atomic mass is 16.5. The number of nitrogens with zero attached hydrogens (tertiary/aromatic N) is 5. The van der Waals surface area contributed by atoms with Crippen molar-refractivity contribution in [3.05, 3.63) is 41.4 Å². The fourth-order valence-electron chi connectivity index (χ4n) is 3.01. The minimum absolute atomic E-state index is 0.0779. The third-order valence-electron chi connectivity index (χ3n) is 4.40. The van der Waals surface area contributed by atoms with E-state index in [0.29, 0.717) is 48.5 Å². The summed E-state index contributed by atoms with van der Waals surface area (Å²) in [7, 11) is 0. The van der Waals surface area contributed by atoms with Gasteiger partial charge in [-0.25, -0.2) is 0 Å². The highest BCUT2D eigenvalue weighted by Crippen LogP contribution is 2.21. The number of hydrogen-bond acceptors (Lipinski definition) is 7. The van der Waals surface area contributed by atoms with Gasteiger partial charge in [0.25, 0.3) is 5.91 Å². The number of aryl methyl sites for hydroxylation is 2. The van der Waals surface area contributed by atoms with Crippen LogP contribution in [0.4, 0.5) is 0 Å². The summed E-state index contributed by atoms with van der Waals surface area (Å²) in [4.78, 5) is 20.9. The summed E-state index contributed by atoms with van der Waals surface area (Å²) >= 11 is 0. The molecule has 26 heavy (non-hydrogen) atoms. The Morgan fingerprint density at radius 1 is 1.23 bits per heavy atom. The molecular weight excluding hydrogens is 336 g/mol. The summed E-state index contributed by atoms with van der Waals surface area (Å²) < 4.78 is 10.5. The topological polar surface area (TPSA) is 104 Å². The molecule has 0 atom stereocenters. The van der Waals surface area contributed by atoms with Gasteiger partial charge in [0.05, 0.1) is 6.54 Å². The Kier molecular flexibility index (Phi) is 4.29. The number of aromatic amines is 1. The molecule has 9 nitrogen and oxygen atoms in total. The highest BCUT2D eigenvalue weighted by molar-refractivity contribution is 5.93. The number of H-pyrrole nitrogens is 1. The zero-order valence-corrected chi connectivity index (χ0v) is 14.7. The molecule has 1 amide bonds. The molecule has 0 spiro atoms. The summed E-state index contributed by atoms with van der Waals surface area (Å²) in [5, 5.41) is 10.9. The minimum atomic E-state index is -0.0779. The average Bonchev–Trinajstić information content (AvgIpc) is 3.36. The number of piperazine rings is 1. The van der Waals surface area contributed by atoms with Crippen molar-refractivity contribution in [2.75, 3.05) is 26.2 Å². The second kappa shape index (κ2) is 6.75. The van der Waals surface area contributed by atoms with Crippen LogP contribution in [-0.2, 0) is 6.54 Å². The molecule has 9 heteroatoms.